The summed E-state index contributed by atoms with van der Waals surface area (Å²) in [4.78, 5) is 11.8. The summed E-state index contributed by atoms with van der Waals surface area (Å²) < 4.78 is 6.02. The summed E-state index contributed by atoms with van der Waals surface area (Å²) in [5.74, 6) is 0.000837. The van der Waals surface area contributed by atoms with Gasteiger partial charge in [-0.1, -0.05) is 28.9 Å². The van der Waals surface area contributed by atoms with Crippen LogP contribution in [0.15, 0.2) is 22.7 Å². The lowest BCUT2D eigenvalue weighted by molar-refractivity contribution is -0.118. The number of rotatable bonds is 5. The summed E-state index contributed by atoms with van der Waals surface area (Å²) in [5.41, 5.74) is 1.67. The lowest BCUT2D eigenvalue weighted by atomic mass is 10.1. The van der Waals surface area contributed by atoms with Crippen LogP contribution in [0.4, 0.5) is 5.69 Å². The van der Waals surface area contributed by atoms with Crippen molar-refractivity contribution in [1.29, 1.82) is 0 Å². The summed E-state index contributed by atoms with van der Waals surface area (Å²) in [5, 5.41) is 2.85. The van der Waals surface area contributed by atoms with E-state index in [1.54, 1.807) is 14.0 Å². The predicted octanol–water partition coefficient (Wildman–Crippen LogP) is 3.41. The molecule has 1 aromatic carbocycles. The van der Waals surface area contributed by atoms with Gasteiger partial charge in [0.15, 0.2) is 0 Å². The molecule has 0 aliphatic carbocycles. The Morgan fingerprint density at radius 2 is 2.29 bits per heavy atom. The predicted molar refractivity (Wildman–Crippen MR) is 73.4 cm³/mol. The van der Waals surface area contributed by atoms with Crippen LogP contribution in [-0.2, 0) is 16.1 Å². The Morgan fingerprint density at radius 3 is 2.88 bits per heavy atom. The molecule has 1 rings (SSSR count). The van der Waals surface area contributed by atoms with Crippen molar-refractivity contribution in [3.05, 3.63) is 28.2 Å². The van der Waals surface area contributed by atoms with Gasteiger partial charge in [-0.3, -0.25) is 4.79 Å². The largest absolute Gasteiger partial charge is 0.380 e. The van der Waals surface area contributed by atoms with Crippen LogP contribution in [0.2, 0.25) is 0 Å². The Bertz CT molecular complexity index is 398. The van der Waals surface area contributed by atoms with Gasteiger partial charge in [0.25, 0.3) is 0 Å². The summed E-state index contributed by atoms with van der Waals surface area (Å²) in [6.45, 7) is 2.22. The fraction of sp³-hybridized carbons (Fsp3) is 0.417. The smallest absolute Gasteiger partial charge is 0.228 e. The van der Waals surface area contributed by atoms with E-state index in [1.165, 1.54) is 0 Å². The highest BCUT2D eigenvalue weighted by Gasteiger charge is 2.14. The third-order valence-electron chi connectivity index (χ3n) is 2.34. The Kier molecular flexibility index (Phi) is 5.95. The highest BCUT2D eigenvalue weighted by Crippen LogP contribution is 2.26. The van der Waals surface area contributed by atoms with Crippen LogP contribution >= 0.6 is 27.5 Å². The summed E-state index contributed by atoms with van der Waals surface area (Å²) in [6.07, 6.45) is 0. The molecular formula is C12H15BrClNO2. The van der Waals surface area contributed by atoms with Crippen LogP contribution in [0.5, 0.6) is 0 Å². The molecule has 1 aromatic rings. The number of anilines is 1. The molecule has 1 N–H and O–H groups in total. The normalized spacial score (nSPS) is 12.2. The fourth-order valence-corrected chi connectivity index (χ4v) is 1.91. The van der Waals surface area contributed by atoms with E-state index in [9.17, 15) is 4.79 Å². The number of nitrogens with one attached hydrogen (secondary N) is 1. The van der Waals surface area contributed by atoms with E-state index in [0.717, 1.165) is 15.7 Å². The van der Waals surface area contributed by atoms with Crippen LogP contribution in [0.25, 0.3) is 0 Å². The number of halogens is 2. The molecule has 5 heteroatoms. The van der Waals surface area contributed by atoms with Crippen LogP contribution in [-0.4, -0.2) is 18.9 Å². The molecule has 0 aliphatic rings. The first-order valence-electron chi connectivity index (χ1n) is 5.23. The topological polar surface area (TPSA) is 38.3 Å². The first kappa shape index (κ1) is 14.5. The molecule has 0 bridgehead atoms. The van der Waals surface area contributed by atoms with Crippen molar-refractivity contribution in [2.75, 3.05) is 18.3 Å². The quantitative estimate of drug-likeness (QED) is 0.844. The lowest BCUT2D eigenvalue weighted by Crippen LogP contribution is -2.22. The van der Waals surface area contributed by atoms with Crippen LogP contribution in [0.3, 0.4) is 0 Å². The van der Waals surface area contributed by atoms with Crippen molar-refractivity contribution < 1.29 is 9.53 Å². The summed E-state index contributed by atoms with van der Waals surface area (Å²) in [7, 11) is 1.62. The number of carbonyl (C=O) groups is 1. The maximum Gasteiger partial charge on any atom is 0.228 e. The van der Waals surface area contributed by atoms with E-state index in [1.807, 2.05) is 18.2 Å². The minimum Gasteiger partial charge on any atom is -0.380 e. The Hall–Kier alpha value is -0.580. The van der Waals surface area contributed by atoms with Crippen LogP contribution < -0.4 is 5.32 Å². The second kappa shape index (κ2) is 6.99. The van der Waals surface area contributed by atoms with Crippen molar-refractivity contribution >= 4 is 39.1 Å². The molecule has 0 aromatic heterocycles. The van der Waals surface area contributed by atoms with Gasteiger partial charge >= 0.3 is 0 Å². The summed E-state index contributed by atoms with van der Waals surface area (Å²) >= 11 is 9.09. The highest BCUT2D eigenvalue weighted by molar-refractivity contribution is 9.10. The van der Waals surface area contributed by atoms with Crippen molar-refractivity contribution in [2.24, 2.45) is 5.92 Å². The molecule has 1 amide bonds. The van der Waals surface area contributed by atoms with Crippen molar-refractivity contribution in [1.82, 2.24) is 0 Å². The Balaban J connectivity index is 2.90. The van der Waals surface area contributed by atoms with E-state index < -0.39 is 0 Å². The van der Waals surface area contributed by atoms with Gasteiger partial charge in [-0.15, -0.1) is 11.6 Å². The number of hydrogen-bond donors (Lipinski definition) is 1. The van der Waals surface area contributed by atoms with Crippen molar-refractivity contribution in [3.8, 4) is 0 Å². The summed E-state index contributed by atoms with van der Waals surface area (Å²) in [6, 6.07) is 5.62. The monoisotopic (exact) mass is 319 g/mol. The zero-order valence-electron chi connectivity index (χ0n) is 9.80. The maximum absolute atomic E-state index is 11.8. The molecule has 3 nitrogen and oxygen atoms in total. The number of ether oxygens (including phenoxy) is 1. The van der Waals surface area contributed by atoms with Gasteiger partial charge in [0.05, 0.1) is 6.61 Å². The first-order chi connectivity index (χ1) is 8.10. The molecule has 1 unspecified atom stereocenters. The second-order valence-corrected chi connectivity index (χ2v) is 4.91. The maximum atomic E-state index is 11.8. The molecule has 0 spiro atoms. The molecular weight excluding hydrogens is 305 g/mol. The van der Waals surface area contributed by atoms with Crippen molar-refractivity contribution in [3.63, 3.8) is 0 Å². The third-order valence-corrected chi connectivity index (χ3v) is 3.55. The third kappa shape index (κ3) is 3.98. The molecule has 1 atom stereocenters. The fourth-order valence-electron chi connectivity index (χ4n) is 1.29. The minimum absolute atomic E-state index is 0.0875. The van der Waals surface area contributed by atoms with Gasteiger partial charge in [-0.2, -0.15) is 0 Å². The number of methoxy groups -OCH3 is 1. The SMILES string of the molecule is COCc1c(Br)cccc1NC(=O)C(C)CCl. The standard InChI is InChI=1S/C12H15BrClNO2/c1-8(6-14)12(16)15-11-5-3-4-10(13)9(11)7-17-2/h3-5,8H,6-7H2,1-2H3,(H,15,16). The van der Waals surface area contributed by atoms with Gasteiger partial charge in [-0.05, 0) is 12.1 Å². The van der Waals surface area contributed by atoms with E-state index in [4.69, 9.17) is 16.3 Å². The second-order valence-electron chi connectivity index (χ2n) is 3.74. The zero-order chi connectivity index (χ0) is 12.8. The molecule has 0 saturated heterocycles. The molecule has 0 heterocycles. The average molecular weight is 321 g/mol. The van der Waals surface area contributed by atoms with E-state index >= 15 is 0 Å². The van der Waals surface area contributed by atoms with Crippen LogP contribution in [0.1, 0.15) is 12.5 Å². The zero-order valence-corrected chi connectivity index (χ0v) is 12.1. The Morgan fingerprint density at radius 1 is 1.59 bits per heavy atom. The molecule has 0 saturated carbocycles. The van der Waals surface area contributed by atoms with Gasteiger partial charge in [0.2, 0.25) is 5.91 Å². The number of alkyl halides is 1. The molecule has 17 heavy (non-hydrogen) atoms. The van der Waals surface area contributed by atoms with Gasteiger partial charge in [-0.25, -0.2) is 0 Å². The number of benzene rings is 1. The minimum atomic E-state index is -0.217. The average Bonchev–Trinajstić information content (AvgIpc) is 2.32. The lowest BCUT2D eigenvalue weighted by Gasteiger charge is -2.14. The number of hydrogen-bond acceptors (Lipinski definition) is 2. The highest BCUT2D eigenvalue weighted by atomic mass is 79.9. The van der Waals surface area contributed by atoms with E-state index in [2.05, 4.69) is 21.2 Å². The molecule has 94 valence electrons. The van der Waals surface area contributed by atoms with Gasteiger partial charge < -0.3 is 10.1 Å². The van der Waals surface area contributed by atoms with E-state index in [0.29, 0.717) is 12.5 Å². The Labute approximate surface area is 115 Å². The number of carbonyl (C=O) groups excluding carboxylic acids is 1. The molecule has 0 aliphatic heterocycles. The van der Waals surface area contributed by atoms with Gasteiger partial charge in [0.1, 0.15) is 0 Å². The van der Waals surface area contributed by atoms with Crippen LogP contribution in [0, 0.1) is 5.92 Å². The number of amides is 1. The van der Waals surface area contributed by atoms with E-state index in [-0.39, 0.29) is 11.8 Å². The van der Waals surface area contributed by atoms with Crippen molar-refractivity contribution in [2.45, 2.75) is 13.5 Å². The molecule has 0 fully saturated rings. The molecule has 0 radical (unpaired) electrons. The van der Waals surface area contributed by atoms with Gasteiger partial charge in [0, 0.05) is 34.6 Å². The first-order valence-corrected chi connectivity index (χ1v) is 6.56.